The SMILES string of the molecule is CCc1cccc(CC)c1-c1cc(OC(C)C)c(CN[C@@H](CC)c2ccccc2)c(C)n1. The first-order valence-corrected chi connectivity index (χ1v) is 12.0. The second kappa shape index (κ2) is 11.3. The van der Waals surface area contributed by atoms with E-state index in [4.69, 9.17) is 9.72 Å². The van der Waals surface area contributed by atoms with Crippen molar-refractivity contribution in [1.29, 1.82) is 0 Å². The van der Waals surface area contributed by atoms with Crippen LogP contribution >= 0.6 is 0 Å². The fraction of sp³-hybridized carbons (Fsp3) is 0.414. The highest BCUT2D eigenvalue weighted by Crippen LogP contribution is 2.33. The van der Waals surface area contributed by atoms with Crippen LogP contribution in [0, 0.1) is 6.92 Å². The molecule has 0 aliphatic heterocycles. The van der Waals surface area contributed by atoms with Crippen LogP contribution in [0.3, 0.4) is 0 Å². The monoisotopic (exact) mass is 430 g/mol. The molecule has 2 aromatic carbocycles. The summed E-state index contributed by atoms with van der Waals surface area (Å²) in [6, 6.07) is 19.7. The van der Waals surface area contributed by atoms with E-state index in [9.17, 15) is 0 Å². The molecule has 0 saturated heterocycles. The van der Waals surface area contributed by atoms with Crippen molar-refractivity contribution in [1.82, 2.24) is 10.3 Å². The maximum atomic E-state index is 6.33. The number of pyridine rings is 1. The average molecular weight is 431 g/mol. The topological polar surface area (TPSA) is 34.1 Å². The van der Waals surface area contributed by atoms with E-state index in [0.29, 0.717) is 6.04 Å². The summed E-state index contributed by atoms with van der Waals surface area (Å²) in [7, 11) is 0. The Kier molecular flexibility index (Phi) is 8.46. The number of ether oxygens (including phenoxy) is 1. The lowest BCUT2D eigenvalue weighted by atomic mass is 9.94. The number of aryl methyl sites for hydroxylation is 3. The Morgan fingerprint density at radius 2 is 1.56 bits per heavy atom. The third-order valence-electron chi connectivity index (χ3n) is 6.04. The number of benzene rings is 2. The molecule has 0 spiro atoms. The largest absolute Gasteiger partial charge is 0.491 e. The van der Waals surface area contributed by atoms with Gasteiger partial charge in [-0.25, -0.2) is 0 Å². The Hall–Kier alpha value is -2.65. The van der Waals surface area contributed by atoms with Gasteiger partial charge in [-0.3, -0.25) is 4.98 Å². The fourth-order valence-corrected chi connectivity index (χ4v) is 4.35. The molecule has 0 amide bonds. The minimum atomic E-state index is 0.103. The molecule has 3 nitrogen and oxygen atoms in total. The van der Waals surface area contributed by atoms with Crippen molar-refractivity contribution in [2.24, 2.45) is 0 Å². The molecule has 1 atom stereocenters. The molecule has 1 N–H and O–H groups in total. The molecule has 0 fully saturated rings. The maximum absolute atomic E-state index is 6.33. The molecule has 0 bridgehead atoms. The highest BCUT2D eigenvalue weighted by atomic mass is 16.5. The second-order valence-electron chi connectivity index (χ2n) is 8.65. The number of rotatable bonds is 10. The summed E-state index contributed by atoms with van der Waals surface area (Å²) in [5.74, 6) is 0.936. The van der Waals surface area contributed by atoms with E-state index in [1.165, 1.54) is 22.3 Å². The van der Waals surface area contributed by atoms with Crippen molar-refractivity contribution >= 4 is 0 Å². The Labute approximate surface area is 194 Å². The van der Waals surface area contributed by atoms with Crippen LogP contribution in [-0.4, -0.2) is 11.1 Å². The van der Waals surface area contributed by atoms with Gasteiger partial charge in [0, 0.05) is 35.5 Å². The Balaban J connectivity index is 2.00. The average Bonchev–Trinajstić information content (AvgIpc) is 2.80. The Morgan fingerprint density at radius 1 is 0.906 bits per heavy atom. The number of hydrogen-bond acceptors (Lipinski definition) is 3. The van der Waals surface area contributed by atoms with Gasteiger partial charge in [-0.15, -0.1) is 0 Å². The first kappa shape index (κ1) is 24.0. The third-order valence-corrected chi connectivity index (χ3v) is 6.04. The van der Waals surface area contributed by atoms with E-state index < -0.39 is 0 Å². The molecule has 1 heterocycles. The summed E-state index contributed by atoms with van der Waals surface area (Å²) < 4.78 is 6.33. The van der Waals surface area contributed by atoms with Crippen molar-refractivity contribution in [3.05, 3.63) is 82.5 Å². The fourth-order valence-electron chi connectivity index (χ4n) is 4.35. The molecular formula is C29H38N2O. The predicted molar refractivity (Wildman–Crippen MR) is 135 cm³/mol. The van der Waals surface area contributed by atoms with Gasteiger partial charge in [0.1, 0.15) is 5.75 Å². The lowest BCUT2D eigenvalue weighted by molar-refractivity contribution is 0.238. The summed E-state index contributed by atoms with van der Waals surface area (Å²) in [4.78, 5) is 5.09. The normalized spacial score (nSPS) is 12.2. The summed E-state index contributed by atoms with van der Waals surface area (Å²) in [5, 5.41) is 3.74. The van der Waals surface area contributed by atoms with Gasteiger partial charge in [0.15, 0.2) is 0 Å². The lowest BCUT2D eigenvalue weighted by Crippen LogP contribution is -2.22. The van der Waals surface area contributed by atoms with Crippen LogP contribution in [0.2, 0.25) is 0 Å². The van der Waals surface area contributed by atoms with Gasteiger partial charge in [-0.1, -0.05) is 69.3 Å². The minimum absolute atomic E-state index is 0.103. The molecule has 0 aliphatic rings. The van der Waals surface area contributed by atoms with Crippen LogP contribution in [0.1, 0.15) is 75.0 Å². The van der Waals surface area contributed by atoms with Crippen LogP contribution in [0.4, 0.5) is 0 Å². The second-order valence-corrected chi connectivity index (χ2v) is 8.65. The Morgan fingerprint density at radius 3 is 2.12 bits per heavy atom. The number of nitrogens with one attached hydrogen (secondary N) is 1. The van der Waals surface area contributed by atoms with Crippen LogP contribution in [-0.2, 0) is 19.4 Å². The smallest absolute Gasteiger partial charge is 0.128 e. The van der Waals surface area contributed by atoms with Gasteiger partial charge < -0.3 is 10.1 Å². The minimum Gasteiger partial charge on any atom is -0.491 e. The Bertz CT molecular complexity index is 989. The molecule has 3 rings (SSSR count). The lowest BCUT2D eigenvalue weighted by Gasteiger charge is -2.22. The molecule has 0 radical (unpaired) electrons. The molecule has 0 aliphatic carbocycles. The van der Waals surface area contributed by atoms with Crippen molar-refractivity contribution in [2.75, 3.05) is 0 Å². The summed E-state index contributed by atoms with van der Waals surface area (Å²) in [6.45, 7) is 13.7. The van der Waals surface area contributed by atoms with Crippen molar-refractivity contribution < 1.29 is 4.74 Å². The van der Waals surface area contributed by atoms with Crippen molar-refractivity contribution in [2.45, 2.75) is 79.5 Å². The molecule has 3 aromatic rings. The van der Waals surface area contributed by atoms with Gasteiger partial charge in [0.2, 0.25) is 0 Å². The molecule has 3 heteroatoms. The molecule has 170 valence electrons. The highest BCUT2D eigenvalue weighted by Gasteiger charge is 2.18. The number of aromatic nitrogens is 1. The van der Waals surface area contributed by atoms with Gasteiger partial charge in [-0.2, -0.15) is 0 Å². The molecule has 0 unspecified atom stereocenters. The van der Waals surface area contributed by atoms with Crippen LogP contribution in [0.25, 0.3) is 11.3 Å². The molecule has 0 saturated carbocycles. The van der Waals surface area contributed by atoms with Gasteiger partial charge in [0.25, 0.3) is 0 Å². The molecular weight excluding hydrogens is 392 g/mol. The first-order chi connectivity index (χ1) is 15.5. The first-order valence-electron chi connectivity index (χ1n) is 12.0. The quantitative estimate of drug-likeness (QED) is 0.369. The van der Waals surface area contributed by atoms with Crippen molar-refractivity contribution in [3.8, 4) is 17.0 Å². The van der Waals surface area contributed by atoms with E-state index in [1.807, 2.05) is 0 Å². The van der Waals surface area contributed by atoms with E-state index >= 15 is 0 Å². The van der Waals surface area contributed by atoms with Crippen LogP contribution in [0.15, 0.2) is 54.6 Å². The van der Waals surface area contributed by atoms with E-state index in [-0.39, 0.29) is 6.10 Å². The highest BCUT2D eigenvalue weighted by molar-refractivity contribution is 5.70. The van der Waals surface area contributed by atoms with Gasteiger partial charge in [-0.05, 0) is 56.7 Å². The molecule has 32 heavy (non-hydrogen) atoms. The third kappa shape index (κ3) is 5.58. The summed E-state index contributed by atoms with van der Waals surface area (Å²) in [6.07, 6.45) is 3.11. The van der Waals surface area contributed by atoms with E-state index in [0.717, 1.165) is 48.5 Å². The van der Waals surface area contributed by atoms with Gasteiger partial charge >= 0.3 is 0 Å². The zero-order valence-corrected chi connectivity index (χ0v) is 20.5. The van der Waals surface area contributed by atoms with Crippen molar-refractivity contribution in [3.63, 3.8) is 0 Å². The summed E-state index contributed by atoms with van der Waals surface area (Å²) >= 11 is 0. The zero-order chi connectivity index (χ0) is 23.1. The number of hydrogen-bond donors (Lipinski definition) is 1. The van der Waals surface area contributed by atoms with Crippen LogP contribution in [0.5, 0.6) is 5.75 Å². The predicted octanol–water partition coefficient (Wildman–Crippen LogP) is 7.21. The standard InChI is InChI=1S/C29H38N2O/c1-7-22-16-13-17-23(8-2)29(22)27-18-28(32-20(4)5)25(21(6)31-27)19-30-26(9-3)24-14-11-10-12-15-24/h10-18,20,26,30H,7-9,19H2,1-6H3/t26-/m0/s1. The van der Waals surface area contributed by atoms with Crippen LogP contribution < -0.4 is 10.1 Å². The zero-order valence-electron chi connectivity index (χ0n) is 20.5. The van der Waals surface area contributed by atoms with E-state index in [1.54, 1.807) is 0 Å². The number of nitrogens with zero attached hydrogens (tertiary/aromatic N) is 1. The van der Waals surface area contributed by atoms with E-state index in [2.05, 4.69) is 101 Å². The summed E-state index contributed by atoms with van der Waals surface area (Å²) in [5.41, 5.74) is 8.45. The van der Waals surface area contributed by atoms with Gasteiger partial charge in [0.05, 0.1) is 11.8 Å². The molecule has 1 aromatic heterocycles. The maximum Gasteiger partial charge on any atom is 0.128 e.